The van der Waals surface area contributed by atoms with Crippen molar-refractivity contribution < 1.29 is 14.0 Å². The molecule has 3 aromatic rings. The number of carbonyl (C=O) groups excluding carboxylic acids is 2. The highest BCUT2D eigenvalue weighted by Gasteiger charge is 2.33. The summed E-state index contributed by atoms with van der Waals surface area (Å²) in [6.07, 6.45) is 5.60. The number of benzene rings is 1. The first-order valence-corrected chi connectivity index (χ1v) is 12.3. The number of rotatable bonds is 3. The lowest BCUT2D eigenvalue weighted by atomic mass is 10.2. The number of thiophene rings is 1. The van der Waals surface area contributed by atoms with E-state index in [2.05, 4.69) is 4.98 Å². The number of aryl methyl sites for hydroxylation is 3. The Balaban J connectivity index is 1.46. The molecule has 2 aromatic heterocycles. The quantitative estimate of drug-likeness (QED) is 0.413. The van der Waals surface area contributed by atoms with Gasteiger partial charge in [0.15, 0.2) is 0 Å². The molecule has 1 saturated heterocycles. The van der Waals surface area contributed by atoms with Gasteiger partial charge in [-0.05, 0) is 68.9 Å². The molecule has 5 rings (SSSR count). The first kappa shape index (κ1) is 20.6. The maximum absolute atomic E-state index is 13.4. The van der Waals surface area contributed by atoms with Crippen LogP contribution in [0.4, 0.5) is 4.39 Å². The molecule has 1 fully saturated rings. The molecule has 31 heavy (non-hydrogen) atoms. The maximum atomic E-state index is 13.4. The molecule has 1 aliphatic heterocycles. The van der Waals surface area contributed by atoms with Crippen molar-refractivity contribution in [1.29, 1.82) is 0 Å². The normalized spacial score (nSPS) is 19.0. The third kappa shape index (κ3) is 3.87. The Labute approximate surface area is 188 Å². The van der Waals surface area contributed by atoms with E-state index >= 15 is 0 Å². The van der Waals surface area contributed by atoms with E-state index in [9.17, 15) is 14.0 Å². The van der Waals surface area contributed by atoms with Gasteiger partial charge in [-0.3, -0.25) is 14.5 Å². The Morgan fingerprint density at radius 1 is 1.16 bits per heavy atom. The van der Waals surface area contributed by atoms with E-state index in [1.54, 1.807) is 11.3 Å². The lowest BCUT2D eigenvalue weighted by Gasteiger charge is -2.22. The monoisotopic (exact) mass is 455 g/mol. The van der Waals surface area contributed by atoms with Gasteiger partial charge in [0.1, 0.15) is 21.5 Å². The van der Waals surface area contributed by atoms with Crippen LogP contribution in [0.3, 0.4) is 0 Å². The zero-order valence-corrected chi connectivity index (χ0v) is 18.8. The van der Waals surface area contributed by atoms with Crippen molar-refractivity contribution in [3.63, 3.8) is 0 Å². The van der Waals surface area contributed by atoms with Gasteiger partial charge in [0.25, 0.3) is 5.91 Å². The molecule has 0 unspecified atom stereocenters. The summed E-state index contributed by atoms with van der Waals surface area (Å²) in [6, 6.07) is 5.37. The van der Waals surface area contributed by atoms with Crippen molar-refractivity contribution in [3.05, 3.63) is 51.9 Å². The molecule has 2 aliphatic rings. The van der Waals surface area contributed by atoms with E-state index < -0.39 is 5.82 Å². The van der Waals surface area contributed by atoms with Crippen LogP contribution in [0.2, 0.25) is 0 Å². The highest BCUT2D eigenvalue weighted by Crippen LogP contribution is 2.42. The molecule has 0 saturated carbocycles. The number of halogens is 1. The number of hydrogen-bond acceptors (Lipinski definition) is 6. The predicted molar refractivity (Wildman–Crippen MR) is 120 cm³/mol. The molecular formula is C23H22FN3O2S2. The Morgan fingerprint density at radius 2 is 1.97 bits per heavy atom. The Bertz CT molecular complexity index is 1180. The summed E-state index contributed by atoms with van der Waals surface area (Å²) >= 11 is 3.21. The van der Waals surface area contributed by atoms with Gasteiger partial charge >= 0.3 is 0 Å². The zero-order valence-electron chi connectivity index (χ0n) is 17.2. The molecule has 1 aliphatic carbocycles. The predicted octanol–water partition coefficient (Wildman–Crippen LogP) is 4.94. The average Bonchev–Trinajstić information content (AvgIpc) is 3.28. The van der Waals surface area contributed by atoms with Crippen LogP contribution in [-0.4, -0.2) is 38.5 Å². The van der Waals surface area contributed by atoms with Gasteiger partial charge in [0.05, 0.1) is 5.25 Å². The number of fused-ring (bicyclic) bond motifs is 3. The molecule has 0 spiro atoms. The molecule has 0 N–H and O–H groups in total. The summed E-state index contributed by atoms with van der Waals surface area (Å²) in [5.74, 6) is -0.250. The van der Waals surface area contributed by atoms with Crippen LogP contribution in [0.5, 0.6) is 0 Å². The highest BCUT2D eigenvalue weighted by atomic mass is 32.2. The molecule has 0 bridgehead atoms. The first-order chi connectivity index (χ1) is 15.0. The second-order valence-electron chi connectivity index (χ2n) is 8.02. The molecule has 3 heterocycles. The van der Waals surface area contributed by atoms with Gasteiger partial charge in [-0.2, -0.15) is 0 Å². The Kier molecular flexibility index (Phi) is 5.52. The Hall–Kier alpha value is -2.32. The second-order valence-corrected chi connectivity index (χ2v) is 10.3. The number of amides is 2. The van der Waals surface area contributed by atoms with Gasteiger partial charge in [-0.15, -0.1) is 11.3 Å². The lowest BCUT2D eigenvalue weighted by Crippen LogP contribution is -2.41. The number of carbonyl (C=O) groups is 2. The number of nitrogens with zero attached hydrogens (tertiary/aromatic N) is 3. The van der Waals surface area contributed by atoms with Gasteiger partial charge in [0, 0.05) is 22.4 Å². The van der Waals surface area contributed by atoms with E-state index in [1.165, 1.54) is 51.4 Å². The van der Waals surface area contributed by atoms with Crippen LogP contribution >= 0.6 is 23.1 Å². The molecule has 5 nitrogen and oxygen atoms in total. The van der Waals surface area contributed by atoms with Crippen LogP contribution < -0.4 is 0 Å². The number of likely N-dealkylation sites (tertiary alicyclic amines) is 1. The largest absolute Gasteiger partial charge is 0.278 e. The number of imide groups is 1. The fourth-order valence-electron chi connectivity index (χ4n) is 4.35. The SMILES string of the molecule is Cc1nc(S[C@@H]2CCCCN(C(=O)c3ccc(F)cc3)C2=O)c2c3c(sc2n1)CCC3. The average molecular weight is 456 g/mol. The molecule has 1 atom stereocenters. The van der Waals surface area contributed by atoms with Crippen LogP contribution in [0.15, 0.2) is 29.3 Å². The van der Waals surface area contributed by atoms with E-state index in [1.807, 2.05) is 6.92 Å². The summed E-state index contributed by atoms with van der Waals surface area (Å²) in [5.41, 5.74) is 1.67. The fourth-order valence-corrected chi connectivity index (χ4v) is 7.03. The van der Waals surface area contributed by atoms with Crippen LogP contribution in [0.25, 0.3) is 10.2 Å². The zero-order chi connectivity index (χ0) is 21.5. The minimum absolute atomic E-state index is 0.187. The van der Waals surface area contributed by atoms with Crippen molar-refractivity contribution in [2.75, 3.05) is 6.54 Å². The molecule has 2 amide bonds. The van der Waals surface area contributed by atoms with E-state index in [0.717, 1.165) is 47.3 Å². The van der Waals surface area contributed by atoms with Gasteiger partial charge in [0.2, 0.25) is 5.91 Å². The van der Waals surface area contributed by atoms with Crippen LogP contribution in [0.1, 0.15) is 52.3 Å². The van der Waals surface area contributed by atoms with Crippen molar-refractivity contribution in [3.8, 4) is 0 Å². The van der Waals surface area contributed by atoms with E-state index in [0.29, 0.717) is 24.4 Å². The molecule has 160 valence electrons. The maximum Gasteiger partial charge on any atom is 0.260 e. The topological polar surface area (TPSA) is 63.2 Å². The van der Waals surface area contributed by atoms with Gasteiger partial charge in [-0.25, -0.2) is 14.4 Å². The van der Waals surface area contributed by atoms with E-state index in [-0.39, 0.29) is 17.1 Å². The standard InChI is InChI=1S/C23H22FN3O2S2/c1-13-25-20-19(16-5-4-7-17(16)30-20)21(26-13)31-18-6-2-3-12-27(23(18)29)22(28)14-8-10-15(24)11-9-14/h8-11,18H,2-7,12H2,1H3/t18-/m1/s1. The van der Waals surface area contributed by atoms with E-state index in [4.69, 9.17) is 4.98 Å². The minimum Gasteiger partial charge on any atom is -0.278 e. The fraction of sp³-hybridized carbons (Fsp3) is 0.391. The summed E-state index contributed by atoms with van der Waals surface area (Å²) in [5, 5.41) is 1.58. The van der Waals surface area contributed by atoms with Gasteiger partial charge in [-0.1, -0.05) is 18.2 Å². The van der Waals surface area contributed by atoms with Crippen LogP contribution in [0, 0.1) is 12.7 Å². The number of thioether (sulfide) groups is 1. The highest BCUT2D eigenvalue weighted by molar-refractivity contribution is 8.00. The minimum atomic E-state index is -0.404. The smallest absolute Gasteiger partial charge is 0.260 e. The number of hydrogen-bond donors (Lipinski definition) is 0. The van der Waals surface area contributed by atoms with Crippen molar-refractivity contribution in [1.82, 2.24) is 14.9 Å². The first-order valence-electron chi connectivity index (χ1n) is 10.6. The van der Waals surface area contributed by atoms with Crippen molar-refractivity contribution in [2.45, 2.75) is 55.7 Å². The molecule has 1 aromatic carbocycles. The third-order valence-electron chi connectivity index (χ3n) is 5.87. The van der Waals surface area contributed by atoms with Crippen molar-refractivity contribution in [2.24, 2.45) is 0 Å². The van der Waals surface area contributed by atoms with Crippen molar-refractivity contribution >= 4 is 45.1 Å². The molecular weight excluding hydrogens is 433 g/mol. The lowest BCUT2D eigenvalue weighted by molar-refractivity contribution is -0.127. The Morgan fingerprint density at radius 3 is 2.77 bits per heavy atom. The summed E-state index contributed by atoms with van der Waals surface area (Å²) in [6.45, 7) is 2.27. The third-order valence-corrected chi connectivity index (χ3v) is 8.30. The summed E-state index contributed by atoms with van der Waals surface area (Å²) < 4.78 is 13.3. The summed E-state index contributed by atoms with van der Waals surface area (Å²) in [7, 11) is 0. The molecule has 0 radical (unpaired) electrons. The number of aromatic nitrogens is 2. The second kappa shape index (κ2) is 8.31. The van der Waals surface area contributed by atoms with Crippen LogP contribution in [-0.2, 0) is 17.6 Å². The molecule has 8 heteroatoms. The van der Waals surface area contributed by atoms with Gasteiger partial charge < -0.3 is 0 Å². The summed E-state index contributed by atoms with van der Waals surface area (Å²) in [4.78, 5) is 39.5.